The number of carbonyl (C=O) groups is 3. The molecule has 2 aliphatic heterocycles. The fourth-order valence-corrected chi connectivity index (χ4v) is 3.90. The van der Waals surface area contributed by atoms with Crippen molar-refractivity contribution in [3.8, 4) is 0 Å². The number of likely N-dealkylation sites (N-methyl/N-ethyl adjacent to an activating group) is 1. The van der Waals surface area contributed by atoms with E-state index in [-0.39, 0.29) is 30.1 Å². The lowest BCUT2D eigenvalue weighted by molar-refractivity contribution is -0.128. The largest absolute Gasteiger partial charge is 0.342 e. The van der Waals surface area contributed by atoms with Crippen molar-refractivity contribution in [3.05, 3.63) is 29.8 Å². The van der Waals surface area contributed by atoms with Crippen LogP contribution in [0.1, 0.15) is 43.5 Å². The zero-order valence-electron chi connectivity index (χ0n) is 17.5. The Labute approximate surface area is 173 Å². The van der Waals surface area contributed by atoms with Crippen LogP contribution in [0, 0.1) is 5.92 Å². The molecular weight excluding hydrogens is 368 g/mol. The molecule has 7 nitrogen and oxygen atoms in total. The number of piperazine rings is 1. The Morgan fingerprint density at radius 1 is 1.07 bits per heavy atom. The van der Waals surface area contributed by atoms with Crippen molar-refractivity contribution in [2.24, 2.45) is 5.92 Å². The first-order valence-corrected chi connectivity index (χ1v) is 10.7. The number of amides is 3. The highest BCUT2D eigenvalue weighted by atomic mass is 16.2. The number of rotatable bonds is 7. The molecule has 2 saturated heterocycles. The predicted octanol–water partition coefficient (Wildman–Crippen LogP) is 2.05. The van der Waals surface area contributed by atoms with Gasteiger partial charge in [0.1, 0.15) is 0 Å². The highest BCUT2D eigenvalue weighted by Gasteiger charge is 2.33. The molecule has 1 aromatic carbocycles. The van der Waals surface area contributed by atoms with Gasteiger partial charge in [0, 0.05) is 56.9 Å². The monoisotopic (exact) mass is 400 g/mol. The molecule has 1 aromatic rings. The molecule has 0 saturated carbocycles. The molecule has 7 heteroatoms. The number of anilines is 1. The van der Waals surface area contributed by atoms with Crippen LogP contribution in [0.2, 0.25) is 0 Å². The van der Waals surface area contributed by atoms with Gasteiger partial charge in [0.2, 0.25) is 11.8 Å². The van der Waals surface area contributed by atoms with Gasteiger partial charge in [-0.2, -0.15) is 0 Å². The van der Waals surface area contributed by atoms with Gasteiger partial charge >= 0.3 is 0 Å². The van der Waals surface area contributed by atoms with Crippen molar-refractivity contribution in [1.29, 1.82) is 0 Å². The fraction of sp³-hybridized carbons (Fsp3) is 0.591. The fourth-order valence-electron chi connectivity index (χ4n) is 3.90. The number of nitrogens with zero attached hydrogens (tertiary/aromatic N) is 3. The van der Waals surface area contributed by atoms with Crippen molar-refractivity contribution >= 4 is 23.4 Å². The van der Waals surface area contributed by atoms with Gasteiger partial charge in [-0.25, -0.2) is 0 Å². The number of likely N-dealkylation sites (tertiary alicyclic amines) is 1. The molecule has 2 fully saturated rings. The van der Waals surface area contributed by atoms with Gasteiger partial charge in [-0.1, -0.05) is 20.3 Å². The van der Waals surface area contributed by atoms with E-state index in [0.717, 1.165) is 52.1 Å². The Balaban J connectivity index is 1.52. The smallest absolute Gasteiger partial charge is 0.253 e. The second-order valence-corrected chi connectivity index (χ2v) is 7.89. The Bertz CT molecular complexity index is 726. The van der Waals surface area contributed by atoms with Gasteiger partial charge in [0.25, 0.3) is 5.91 Å². The van der Waals surface area contributed by atoms with E-state index in [9.17, 15) is 14.4 Å². The van der Waals surface area contributed by atoms with Crippen LogP contribution in [0.3, 0.4) is 0 Å². The maximum atomic E-state index is 12.7. The van der Waals surface area contributed by atoms with Crippen molar-refractivity contribution < 1.29 is 14.4 Å². The molecule has 2 aliphatic rings. The number of hydrogen-bond donors (Lipinski definition) is 1. The Morgan fingerprint density at radius 3 is 2.38 bits per heavy atom. The van der Waals surface area contributed by atoms with Crippen LogP contribution in [-0.4, -0.2) is 78.2 Å². The van der Waals surface area contributed by atoms with Crippen molar-refractivity contribution in [2.75, 3.05) is 51.1 Å². The molecule has 1 N–H and O–H groups in total. The third-order valence-electron chi connectivity index (χ3n) is 5.87. The second kappa shape index (κ2) is 9.87. The zero-order chi connectivity index (χ0) is 20.8. The standard InChI is InChI=1S/C22H32N4O3/c1-3-5-10-26-16-18(15-20(26)27)21(28)23-19-8-6-17(7-9-19)22(29)25-13-11-24(4-2)12-14-25/h6-9,18H,3-5,10-16H2,1-2H3,(H,23,28). The second-order valence-electron chi connectivity index (χ2n) is 7.89. The highest BCUT2D eigenvalue weighted by molar-refractivity contribution is 5.98. The summed E-state index contributed by atoms with van der Waals surface area (Å²) in [5, 5.41) is 2.89. The van der Waals surface area contributed by atoms with Gasteiger partial charge in [0.05, 0.1) is 5.92 Å². The van der Waals surface area contributed by atoms with Crippen molar-refractivity contribution in [2.45, 2.75) is 33.1 Å². The molecule has 0 spiro atoms. The maximum Gasteiger partial charge on any atom is 0.253 e. The Hall–Kier alpha value is -2.41. The number of hydrogen-bond acceptors (Lipinski definition) is 4. The molecular formula is C22H32N4O3. The summed E-state index contributed by atoms with van der Waals surface area (Å²) in [6.07, 6.45) is 2.26. The van der Waals surface area contributed by atoms with Gasteiger partial charge in [-0.05, 0) is 37.2 Å². The maximum absolute atomic E-state index is 12.7. The molecule has 2 heterocycles. The first-order chi connectivity index (χ1) is 14.0. The van der Waals surface area contributed by atoms with Crippen LogP contribution < -0.4 is 5.32 Å². The number of nitrogens with one attached hydrogen (secondary N) is 1. The minimum Gasteiger partial charge on any atom is -0.342 e. The molecule has 29 heavy (non-hydrogen) atoms. The molecule has 0 bridgehead atoms. The van der Waals surface area contributed by atoms with Gasteiger partial charge < -0.3 is 20.0 Å². The lowest BCUT2D eigenvalue weighted by Crippen LogP contribution is -2.48. The lowest BCUT2D eigenvalue weighted by Gasteiger charge is -2.34. The third-order valence-corrected chi connectivity index (χ3v) is 5.87. The molecule has 1 atom stereocenters. The molecule has 0 radical (unpaired) electrons. The van der Waals surface area contributed by atoms with E-state index in [1.54, 1.807) is 29.2 Å². The minimum absolute atomic E-state index is 0.0339. The lowest BCUT2D eigenvalue weighted by atomic mass is 10.1. The summed E-state index contributed by atoms with van der Waals surface area (Å²) < 4.78 is 0. The van der Waals surface area contributed by atoms with Crippen LogP contribution in [0.5, 0.6) is 0 Å². The number of benzene rings is 1. The average Bonchev–Trinajstić information content (AvgIpc) is 3.13. The minimum atomic E-state index is -0.310. The Morgan fingerprint density at radius 2 is 1.76 bits per heavy atom. The summed E-state index contributed by atoms with van der Waals surface area (Å²) in [7, 11) is 0. The van der Waals surface area contributed by atoms with Crippen molar-refractivity contribution in [1.82, 2.24) is 14.7 Å². The summed E-state index contributed by atoms with van der Waals surface area (Å²) >= 11 is 0. The molecule has 1 unspecified atom stereocenters. The molecule has 0 aromatic heterocycles. The Kier molecular flexibility index (Phi) is 7.25. The number of carbonyl (C=O) groups excluding carboxylic acids is 3. The number of unbranched alkanes of at least 4 members (excludes halogenated alkanes) is 1. The molecule has 158 valence electrons. The van der Waals surface area contributed by atoms with E-state index in [4.69, 9.17) is 0 Å². The van der Waals surface area contributed by atoms with Gasteiger partial charge in [-0.15, -0.1) is 0 Å². The van der Waals surface area contributed by atoms with Crippen LogP contribution in [0.25, 0.3) is 0 Å². The predicted molar refractivity (Wildman–Crippen MR) is 113 cm³/mol. The first kappa shape index (κ1) is 21.3. The summed E-state index contributed by atoms with van der Waals surface area (Å²) in [5.74, 6) is -0.350. The summed E-state index contributed by atoms with van der Waals surface area (Å²) in [6.45, 7) is 9.76. The van der Waals surface area contributed by atoms with E-state index in [1.165, 1.54) is 0 Å². The van der Waals surface area contributed by atoms with Crippen LogP contribution in [0.15, 0.2) is 24.3 Å². The van der Waals surface area contributed by atoms with E-state index in [1.807, 2.05) is 4.90 Å². The first-order valence-electron chi connectivity index (χ1n) is 10.7. The summed E-state index contributed by atoms with van der Waals surface area (Å²) in [6, 6.07) is 7.05. The van der Waals surface area contributed by atoms with Gasteiger partial charge in [0.15, 0.2) is 0 Å². The van der Waals surface area contributed by atoms with E-state index < -0.39 is 0 Å². The molecule has 3 amide bonds. The van der Waals surface area contributed by atoms with Crippen LogP contribution in [-0.2, 0) is 9.59 Å². The van der Waals surface area contributed by atoms with Crippen molar-refractivity contribution in [3.63, 3.8) is 0 Å². The average molecular weight is 401 g/mol. The molecule has 0 aliphatic carbocycles. The van der Waals surface area contributed by atoms with E-state index >= 15 is 0 Å². The molecule has 3 rings (SSSR count). The zero-order valence-corrected chi connectivity index (χ0v) is 17.5. The van der Waals surface area contributed by atoms with E-state index in [0.29, 0.717) is 17.8 Å². The van der Waals surface area contributed by atoms with Crippen LogP contribution >= 0.6 is 0 Å². The summed E-state index contributed by atoms with van der Waals surface area (Å²) in [5.41, 5.74) is 1.29. The van der Waals surface area contributed by atoms with E-state index in [2.05, 4.69) is 24.1 Å². The highest BCUT2D eigenvalue weighted by Crippen LogP contribution is 2.21. The topological polar surface area (TPSA) is 73.0 Å². The van der Waals surface area contributed by atoms with Crippen LogP contribution in [0.4, 0.5) is 5.69 Å². The quantitative estimate of drug-likeness (QED) is 0.760. The third kappa shape index (κ3) is 5.35. The van der Waals surface area contributed by atoms with Gasteiger partial charge in [-0.3, -0.25) is 14.4 Å². The summed E-state index contributed by atoms with van der Waals surface area (Å²) in [4.78, 5) is 43.3. The SMILES string of the molecule is CCCCN1CC(C(=O)Nc2ccc(C(=O)N3CCN(CC)CC3)cc2)CC1=O. The normalized spacial score (nSPS) is 20.2.